The zero-order valence-corrected chi connectivity index (χ0v) is 17.4. The Hall–Kier alpha value is -1.91. The number of hydrogen-bond acceptors (Lipinski definition) is 3. The SMILES string of the molecule is CCN(CC)CCC(CC(=O)O)(c1cccc2ccccc12)C1(C)CCCO1. The maximum Gasteiger partial charge on any atom is 0.304 e. The van der Waals surface area contributed by atoms with E-state index < -0.39 is 17.0 Å². The lowest BCUT2D eigenvalue weighted by atomic mass is 9.61. The molecule has 2 unspecified atom stereocenters. The van der Waals surface area contributed by atoms with Crippen molar-refractivity contribution < 1.29 is 14.6 Å². The minimum atomic E-state index is -0.760. The first kappa shape index (κ1) is 20.8. The van der Waals surface area contributed by atoms with Gasteiger partial charge in [-0.2, -0.15) is 0 Å². The fraction of sp³-hybridized carbons (Fsp3) is 0.542. The first-order valence-electron chi connectivity index (χ1n) is 10.5. The van der Waals surface area contributed by atoms with Crippen molar-refractivity contribution in [2.45, 2.75) is 57.5 Å². The number of nitrogens with zero attached hydrogens (tertiary/aromatic N) is 1. The molecule has 28 heavy (non-hydrogen) atoms. The van der Waals surface area contributed by atoms with Gasteiger partial charge in [-0.3, -0.25) is 4.79 Å². The monoisotopic (exact) mass is 383 g/mol. The summed E-state index contributed by atoms with van der Waals surface area (Å²) in [5.74, 6) is -0.760. The van der Waals surface area contributed by atoms with E-state index in [2.05, 4.69) is 56.0 Å². The standard InChI is InChI=1S/C24H33NO3/c1-4-25(5-2)16-15-24(18-22(26)27,23(3)14-9-17-28-23)21-13-8-11-19-10-6-7-12-20(19)21/h6-8,10-13H,4-5,9,14-18H2,1-3H3,(H,26,27). The van der Waals surface area contributed by atoms with Crippen LogP contribution < -0.4 is 0 Å². The van der Waals surface area contributed by atoms with Gasteiger partial charge >= 0.3 is 5.97 Å². The summed E-state index contributed by atoms with van der Waals surface area (Å²) in [5, 5.41) is 12.3. The van der Waals surface area contributed by atoms with Crippen LogP contribution in [0.5, 0.6) is 0 Å². The van der Waals surface area contributed by atoms with Gasteiger partial charge in [0, 0.05) is 12.0 Å². The Morgan fingerprint density at radius 1 is 1.18 bits per heavy atom. The van der Waals surface area contributed by atoms with Gasteiger partial charge in [-0.25, -0.2) is 0 Å². The van der Waals surface area contributed by atoms with Gasteiger partial charge in [0.05, 0.1) is 12.0 Å². The van der Waals surface area contributed by atoms with Crippen molar-refractivity contribution in [3.05, 3.63) is 48.0 Å². The van der Waals surface area contributed by atoms with Gasteiger partial charge in [0.25, 0.3) is 0 Å². The maximum atomic E-state index is 12.1. The summed E-state index contributed by atoms with van der Waals surface area (Å²) in [6.07, 6.45) is 2.72. The molecule has 0 aromatic heterocycles. The van der Waals surface area contributed by atoms with E-state index in [0.717, 1.165) is 55.2 Å². The molecule has 2 aromatic carbocycles. The Balaban J connectivity index is 2.19. The first-order valence-corrected chi connectivity index (χ1v) is 10.5. The molecule has 2 atom stereocenters. The summed E-state index contributed by atoms with van der Waals surface area (Å²) >= 11 is 0. The van der Waals surface area contributed by atoms with Gasteiger partial charge in [0.2, 0.25) is 0 Å². The molecule has 1 fully saturated rings. The molecular formula is C24H33NO3. The first-order chi connectivity index (χ1) is 13.5. The molecule has 4 nitrogen and oxygen atoms in total. The Morgan fingerprint density at radius 3 is 2.54 bits per heavy atom. The van der Waals surface area contributed by atoms with Crippen LogP contribution in [-0.4, -0.2) is 47.8 Å². The highest BCUT2D eigenvalue weighted by molar-refractivity contribution is 5.87. The average molecular weight is 384 g/mol. The molecule has 0 aliphatic carbocycles. The van der Waals surface area contributed by atoms with Crippen LogP contribution >= 0.6 is 0 Å². The molecule has 3 rings (SSSR count). The number of benzene rings is 2. The topological polar surface area (TPSA) is 49.8 Å². The van der Waals surface area contributed by atoms with E-state index in [1.54, 1.807) is 0 Å². The quantitative estimate of drug-likeness (QED) is 0.672. The molecule has 1 N–H and O–H groups in total. The van der Waals surface area contributed by atoms with Crippen molar-refractivity contribution in [2.75, 3.05) is 26.2 Å². The van der Waals surface area contributed by atoms with E-state index in [-0.39, 0.29) is 6.42 Å². The van der Waals surface area contributed by atoms with Crippen molar-refractivity contribution in [2.24, 2.45) is 0 Å². The molecule has 4 heteroatoms. The van der Waals surface area contributed by atoms with E-state index in [0.29, 0.717) is 6.61 Å². The van der Waals surface area contributed by atoms with Crippen LogP contribution in [0.4, 0.5) is 0 Å². The Labute approximate surface area is 168 Å². The minimum Gasteiger partial charge on any atom is -0.481 e. The van der Waals surface area contributed by atoms with E-state index in [4.69, 9.17) is 4.74 Å². The van der Waals surface area contributed by atoms with Gasteiger partial charge in [0.15, 0.2) is 0 Å². The molecule has 152 valence electrons. The van der Waals surface area contributed by atoms with Crippen molar-refractivity contribution in [1.29, 1.82) is 0 Å². The predicted molar refractivity (Wildman–Crippen MR) is 114 cm³/mol. The molecule has 0 radical (unpaired) electrons. The molecule has 2 aromatic rings. The van der Waals surface area contributed by atoms with Crippen LogP contribution in [0.3, 0.4) is 0 Å². The van der Waals surface area contributed by atoms with E-state index in [1.165, 1.54) is 0 Å². The summed E-state index contributed by atoms with van der Waals surface area (Å²) in [6, 6.07) is 14.6. The van der Waals surface area contributed by atoms with Crippen LogP contribution in [0, 0.1) is 0 Å². The molecule has 0 spiro atoms. The number of aliphatic carboxylic acids is 1. The fourth-order valence-electron chi connectivity index (χ4n) is 5.00. The molecule has 1 heterocycles. The Kier molecular flexibility index (Phi) is 6.41. The molecule has 0 amide bonds. The number of rotatable bonds is 9. The zero-order chi connectivity index (χ0) is 20.2. The zero-order valence-electron chi connectivity index (χ0n) is 17.4. The highest BCUT2D eigenvalue weighted by Gasteiger charge is 2.53. The van der Waals surface area contributed by atoms with Crippen LogP contribution in [0.1, 0.15) is 52.0 Å². The van der Waals surface area contributed by atoms with Gasteiger partial charge in [-0.15, -0.1) is 0 Å². The second-order valence-corrected chi connectivity index (χ2v) is 8.14. The van der Waals surface area contributed by atoms with Crippen molar-refractivity contribution in [3.63, 3.8) is 0 Å². The van der Waals surface area contributed by atoms with E-state index in [1.807, 2.05) is 12.1 Å². The summed E-state index contributed by atoms with van der Waals surface area (Å²) < 4.78 is 6.33. The van der Waals surface area contributed by atoms with Gasteiger partial charge in [-0.05, 0) is 62.2 Å². The van der Waals surface area contributed by atoms with Gasteiger partial charge in [-0.1, -0.05) is 56.3 Å². The smallest absolute Gasteiger partial charge is 0.304 e. The van der Waals surface area contributed by atoms with Crippen LogP contribution in [0.15, 0.2) is 42.5 Å². The summed E-state index contributed by atoms with van der Waals surface area (Å²) in [4.78, 5) is 14.5. The molecule has 0 saturated carbocycles. The number of hydrogen-bond donors (Lipinski definition) is 1. The van der Waals surface area contributed by atoms with Crippen molar-refractivity contribution in [3.8, 4) is 0 Å². The highest BCUT2D eigenvalue weighted by atomic mass is 16.5. The molecule has 0 bridgehead atoms. The fourth-order valence-corrected chi connectivity index (χ4v) is 5.00. The van der Waals surface area contributed by atoms with Gasteiger partial charge < -0.3 is 14.7 Å². The number of carboxylic acids is 1. The number of carbonyl (C=O) groups is 1. The third kappa shape index (κ3) is 3.81. The van der Waals surface area contributed by atoms with Crippen molar-refractivity contribution in [1.82, 2.24) is 4.90 Å². The number of fused-ring (bicyclic) bond motifs is 1. The summed E-state index contributed by atoms with van der Waals surface area (Å²) in [7, 11) is 0. The highest BCUT2D eigenvalue weighted by Crippen LogP contribution is 2.50. The average Bonchev–Trinajstić information content (AvgIpc) is 3.15. The third-order valence-corrected chi connectivity index (χ3v) is 6.74. The largest absolute Gasteiger partial charge is 0.481 e. The van der Waals surface area contributed by atoms with E-state index in [9.17, 15) is 9.90 Å². The normalized spacial score (nSPS) is 21.9. The van der Waals surface area contributed by atoms with Crippen molar-refractivity contribution >= 4 is 16.7 Å². The molecule has 1 saturated heterocycles. The lowest BCUT2D eigenvalue weighted by Crippen LogP contribution is -2.52. The number of carboxylic acid groups (broad SMARTS) is 1. The number of ether oxygens (including phenoxy) is 1. The minimum absolute atomic E-state index is 0.0821. The molecule has 1 aliphatic heterocycles. The van der Waals surface area contributed by atoms with E-state index >= 15 is 0 Å². The Morgan fingerprint density at radius 2 is 1.89 bits per heavy atom. The van der Waals surface area contributed by atoms with Crippen LogP contribution in [0.25, 0.3) is 10.8 Å². The second kappa shape index (κ2) is 8.62. The summed E-state index contributed by atoms with van der Waals surface area (Å²) in [5.41, 5.74) is 0.0612. The predicted octanol–water partition coefficient (Wildman–Crippen LogP) is 4.85. The van der Waals surface area contributed by atoms with Crippen LogP contribution in [-0.2, 0) is 14.9 Å². The van der Waals surface area contributed by atoms with Crippen LogP contribution in [0.2, 0.25) is 0 Å². The molecular weight excluding hydrogens is 350 g/mol. The molecule has 1 aliphatic rings. The Bertz CT molecular complexity index is 803. The lowest BCUT2D eigenvalue weighted by molar-refractivity contribution is -0.143. The lowest BCUT2D eigenvalue weighted by Gasteiger charge is -2.47. The maximum absolute atomic E-state index is 12.1. The van der Waals surface area contributed by atoms with Gasteiger partial charge in [0.1, 0.15) is 0 Å². The third-order valence-electron chi connectivity index (χ3n) is 6.74. The summed E-state index contributed by atoms with van der Waals surface area (Å²) in [6.45, 7) is 9.95. The second-order valence-electron chi connectivity index (χ2n) is 8.14.